The quantitative estimate of drug-likeness (QED) is 0.191. The Hall–Kier alpha value is -6.52. The zero-order valence-electron chi connectivity index (χ0n) is 27.0. The highest BCUT2D eigenvalue weighted by molar-refractivity contribution is 6.11. The number of anilines is 3. The fourth-order valence-corrected chi connectivity index (χ4v) is 7.77. The van der Waals surface area contributed by atoms with Crippen molar-refractivity contribution >= 4 is 88.8 Å². The molecule has 0 spiro atoms. The Kier molecular flexibility index (Phi) is 5.75. The second-order valence-corrected chi connectivity index (χ2v) is 13.3. The van der Waals surface area contributed by atoms with E-state index >= 15 is 0 Å². The number of hydrogen-bond acceptors (Lipinski definition) is 4. The second kappa shape index (κ2) is 10.5. The Bertz CT molecular complexity index is 2960. The number of furan rings is 3. The molecule has 0 N–H and O–H groups in total. The summed E-state index contributed by atoms with van der Waals surface area (Å²) in [5.74, 6) is 0.849. The zero-order valence-corrected chi connectivity index (χ0v) is 27.0. The molecule has 4 heteroatoms. The molecule has 3 aromatic heterocycles. The van der Waals surface area contributed by atoms with Crippen LogP contribution in [0.3, 0.4) is 0 Å². The van der Waals surface area contributed by atoms with Crippen LogP contribution in [0.5, 0.6) is 0 Å². The normalized spacial score (nSPS) is 13.0. The van der Waals surface area contributed by atoms with Crippen LogP contribution < -0.4 is 4.90 Å². The van der Waals surface area contributed by atoms with Crippen molar-refractivity contribution in [2.75, 3.05) is 4.90 Å². The Morgan fingerprint density at radius 3 is 1.80 bits per heavy atom. The highest BCUT2D eigenvalue weighted by atomic mass is 16.3. The van der Waals surface area contributed by atoms with E-state index in [1.807, 2.05) is 18.2 Å². The van der Waals surface area contributed by atoms with Crippen LogP contribution >= 0.6 is 0 Å². The summed E-state index contributed by atoms with van der Waals surface area (Å²) in [5, 5.41) is 7.94. The molecule has 7 aromatic carbocycles. The van der Waals surface area contributed by atoms with E-state index in [1.165, 1.54) is 21.9 Å². The van der Waals surface area contributed by atoms with E-state index in [0.717, 1.165) is 96.1 Å². The van der Waals surface area contributed by atoms with Crippen LogP contribution in [0.1, 0.15) is 17.5 Å². The van der Waals surface area contributed by atoms with Gasteiger partial charge in [-0.1, -0.05) is 54.6 Å². The molecular weight excluding hydrogens is 615 g/mol. The Morgan fingerprint density at radius 1 is 0.440 bits per heavy atom. The molecule has 0 aliphatic heterocycles. The van der Waals surface area contributed by atoms with E-state index in [9.17, 15) is 0 Å². The second-order valence-electron chi connectivity index (χ2n) is 13.3. The lowest BCUT2D eigenvalue weighted by atomic mass is 9.95. The lowest BCUT2D eigenvalue weighted by Crippen LogP contribution is -2.09. The van der Waals surface area contributed by atoms with Crippen LogP contribution in [0.15, 0.2) is 159 Å². The van der Waals surface area contributed by atoms with Crippen LogP contribution in [-0.4, -0.2) is 0 Å². The van der Waals surface area contributed by atoms with Crippen molar-refractivity contribution in [3.63, 3.8) is 0 Å². The van der Waals surface area contributed by atoms with Gasteiger partial charge in [0.15, 0.2) is 0 Å². The molecule has 0 saturated heterocycles. The fourth-order valence-electron chi connectivity index (χ4n) is 7.77. The molecule has 1 aliphatic carbocycles. The number of hydrogen-bond donors (Lipinski definition) is 0. The average Bonchev–Trinajstić information content (AvgIpc) is 3.85. The van der Waals surface area contributed by atoms with Crippen molar-refractivity contribution < 1.29 is 13.3 Å². The van der Waals surface area contributed by atoms with Crippen molar-refractivity contribution in [2.45, 2.75) is 12.8 Å². The molecule has 0 fully saturated rings. The first-order valence-corrected chi connectivity index (χ1v) is 17.1. The highest BCUT2D eigenvalue weighted by Gasteiger charge is 2.19. The fraction of sp³-hybridized carbons (Fsp3) is 0.0435. The monoisotopic (exact) mass is 643 g/mol. The van der Waals surface area contributed by atoms with E-state index in [0.29, 0.717) is 0 Å². The number of para-hydroxylation sites is 1. The lowest BCUT2D eigenvalue weighted by Gasteiger charge is -2.25. The summed E-state index contributed by atoms with van der Waals surface area (Å²) in [5.41, 5.74) is 11.1. The topological polar surface area (TPSA) is 42.7 Å². The van der Waals surface area contributed by atoms with Gasteiger partial charge in [0.2, 0.25) is 0 Å². The number of allylic oxidation sites excluding steroid dienone is 1. The van der Waals surface area contributed by atoms with Gasteiger partial charge in [-0.25, -0.2) is 0 Å². The molecule has 236 valence electrons. The summed E-state index contributed by atoms with van der Waals surface area (Å²) >= 11 is 0. The molecule has 0 bridgehead atoms. The van der Waals surface area contributed by atoms with Gasteiger partial charge in [0, 0.05) is 61.7 Å². The third kappa shape index (κ3) is 4.25. The van der Waals surface area contributed by atoms with E-state index in [1.54, 1.807) is 0 Å². The molecule has 50 heavy (non-hydrogen) atoms. The molecule has 1 aliphatic rings. The van der Waals surface area contributed by atoms with Crippen LogP contribution in [0.4, 0.5) is 17.1 Å². The first-order chi connectivity index (χ1) is 24.7. The number of aryl methyl sites for hydroxylation is 1. The minimum Gasteiger partial charge on any atom is -0.456 e. The SMILES string of the molecule is C1=Cc2cc3c(cc2CC1)oc1cc(N(c2ccc(-c4cc5ccccc5o4)cc2)c2ccc4c(c2)oc2cc5ccccc5cc24)ccc13. The van der Waals surface area contributed by atoms with Crippen molar-refractivity contribution in [1.82, 2.24) is 0 Å². The van der Waals surface area contributed by atoms with Crippen molar-refractivity contribution in [1.29, 1.82) is 0 Å². The zero-order chi connectivity index (χ0) is 32.8. The summed E-state index contributed by atoms with van der Waals surface area (Å²) in [6.45, 7) is 0. The van der Waals surface area contributed by atoms with Gasteiger partial charge in [-0.2, -0.15) is 0 Å². The van der Waals surface area contributed by atoms with Crippen LogP contribution in [-0.2, 0) is 6.42 Å². The third-order valence-corrected chi connectivity index (χ3v) is 10.3. The maximum absolute atomic E-state index is 6.55. The molecule has 0 amide bonds. The van der Waals surface area contributed by atoms with Gasteiger partial charge in [-0.05, 0) is 120 Å². The molecule has 0 atom stereocenters. The van der Waals surface area contributed by atoms with Gasteiger partial charge in [0.05, 0.1) is 0 Å². The number of rotatable bonds is 4. The summed E-state index contributed by atoms with van der Waals surface area (Å²) in [6.07, 6.45) is 6.60. The molecule has 3 heterocycles. The predicted octanol–water partition coefficient (Wildman–Crippen LogP) is 13.5. The summed E-state index contributed by atoms with van der Waals surface area (Å²) in [6, 6.07) is 49.1. The smallest absolute Gasteiger partial charge is 0.137 e. The Morgan fingerprint density at radius 2 is 1.06 bits per heavy atom. The highest BCUT2D eigenvalue weighted by Crippen LogP contribution is 2.42. The third-order valence-electron chi connectivity index (χ3n) is 10.3. The van der Waals surface area contributed by atoms with Gasteiger partial charge >= 0.3 is 0 Å². The largest absolute Gasteiger partial charge is 0.456 e. The molecule has 0 saturated carbocycles. The van der Waals surface area contributed by atoms with Crippen LogP contribution in [0.2, 0.25) is 0 Å². The van der Waals surface area contributed by atoms with E-state index in [4.69, 9.17) is 13.3 Å². The minimum atomic E-state index is 0.847. The predicted molar refractivity (Wildman–Crippen MR) is 206 cm³/mol. The minimum absolute atomic E-state index is 0.847. The molecule has 0 unspecified atom stereocenters. The number of nitrogens with zero attached hydrogens (tertiary/aromatic N) is 1. The number of fused-ring (bicyclic) bond motifs is 9. The summed E-state index contributed by atoms with van der Waals surface area (Å²) < 4.78 is 19.3. The van der Waals surface area contributed by atoms with Gasteiger partial charge in [0.1, 0.15) is 33.7 Å². The molecule has 4 nitrogen and oxygen atoms in total. The Labute approximate surface area is 287 Å². The lowest BCUT2D eigenvalue weighted by molar-refractivity contribution is 0.631. The van der Waals surface area contributed by atoms with Crippen LogP contribution in [0.25, 0.3) is 83.0 Å². The van der Waals surface area contributed by atoms with E-state index < -0.39 is 0 Å². The van der Waals surface area contributed by atoms with Gasteiger partial charge in [0.25, 0.3) is 0 Å². The van der Waals surface area contributed by atoms with E-state index in [-0.39, 0.29) is 0 Å². The molecular formula is C46H29NO3. The summed E-state index contributed by atoms with van der Waals surface area (Å²) in [4.78, 5) is 2.27. The molecule has 10 aromatic rings. The number of benzene rings is 7. The first-order valence-electron chi connectivity index (χ1n) is 17.1. The maximum Gasteiger partial charge on any atom is 0.137 e. The van der Waals surface area contributed by atoms with Gasteiger partial charge in [-0.15, -0.1) is 0 Å². The molecule has 0 radical (unpaired) electrons. The maximum atomic E-state index is 6.55. The van der Waals surface area contributed by atoms with Gasteiger partial charge < -0.3 is 18.2 Å². The standard InChI is InChI=1S/C46H29NO3/c1-3-9-31-23-43-39(21-29(31)7-1)37-19-17-35(26-45(37)49-43)47(34-15-13-28(14-16-34)42-25-33-11-5-6-12-41(33)48-42)36-18-20-38-40-22-30-8-2-4-10-32(30)24-44(40)50-46(38)27-36/h1-3,5-9,11-27H,4,10H2. The molecule has 11 rings (SSSR count). The average molecular weight is 644 g/mol. The van der Waals surface area contributed by atoms with E-state index in [2.05, 4.69) is 138 Å². The first kappa shape index (κ1) is 27.4. The van der Waals surface area contributed by atoms with Gasteiger partial charge in [-0.3, -0.25) is 0 Å². The van der Waals surface area contributed by atoms with Crippen molar-refractivity contribution in [3.05, 3.63) is 157 Å². The Balaban J connectivity index is 1.07. The van der Waals surface area contributed by atoms with Crippen LogP contribution in [0, 0.1) is 0 Å². The van der Waals surface area contributed by atoms with Crippen molar-refractivity contribution in [3.8, 4) is 11.3 Å². The summed E-state index contributed by atoms with van der Waals surface area (Å²) in [7, 11) is 0. The van der Waals surface area contributed by atoms with Crippen molar-refractivity contribution in [2.24, 2.45) is 0 Å².